The SMILES string of the molecule is C[C@@H](N)c1cccc(-c2ccc(C3CC3)c(COc3ccccc3CC(=O)O)c2)c1F. The molecular weight excluding hydrogens is 393 g/mol. The monoisotopic (exact) mass is 419 g/mol. The smallest absolute Gasteiger partial charge is 0.307 e. The second-order valence-electron chi connectivity index (χ2n) is 8.15. The number of hydrogen-bond donors (Lipinski definition) is 2. The number of para-hydroxylation sites is 1. The molecular formula is C26H26FNO3. The molecule has 1 aliphatic carbocycles. The second-order valence-corrected chi connectivity index (χ2v) is 8.15. The molecule has 3 aromatic rings. The fourth-order valence-electron chi connectivity index (χ4n) is 3.92. The molecule has 5 heteroatoms. The van der Waals surface area contributed by atoms with E-state index >= 15 is 4.39 Å². The molecule has 160 valence electrons. The number of benzene rings is 3. The predicted molar refractivity (Wildman–Crippen MR) is 119 cm³/mol. The summed E-state index contributed by atoms with van der Waals surface area (Å²) in [6.07, 6.45) is 2.17. The molecule has 1 aliphatic rings. The summed E-state index contributed by atoms with van der Waals surface area (Å²) in [4.78, 5) is 11.2. The maximum absolute atomic E-state index is 15.1. The van der Waals surface area contributed by atoms with Gasteiger partial charge in [-0.05, 0) is 54.5 Å². The van der Waals surface area contributed by atoms with E-state index in [-0.39, 0.29) is 18.3 Å². The topological polar surface area (TPSA) is 72.5 Å². The van der Waals surface area contributed by atoms with Crippen molar-refractivity contribution in [2.45, 2.75) is 44.8 Å². The first kappa shape index (κ1) is 21.1. The van der Waals surface area contributed by atoms with E-state index in [4.69, 9.17) is 15.6 Å². The number of nitrogens with two attached hydrogens (primary N) is 1. The van der Waals surface area contributed by atoms with Gasteiger partial charge in [0.05, 0.1) is 6.42 Å². The summed E-state index contributed by atoms with van der Waals surface area (Å²) >= 11 is 0. The lowest BCUT2D eigenvalue weighted by Crippen LogP contribution is -2.08. The zero-order chi connectivity index (χ0) is 22.0. The van der Waals surface area contributed by atoms with Gasteiger partial charge in [-0.2, -0.15) is 0 Å². The van der Waals surface area contributed by atoms with Gasteiger partial charge in [-0.25, -0.2) is 4.39 Å². The Labute approximate surface area is 181 Å². The molecule has 0 bridgehead atoms. The van der Waals surface area contributed by atoms with Gasteiger partial charge in [0.1, 0.15) is 18.2 Å². The van der Waals surface area contributed by atoms with Crippen molar-refractivity contribution in [1.29, 1.82) is 0 Å². The highest BCUT2D eigenvalue weighted by Crippen LogP contribution is 2.43. The van der Waals surface area contributed by atoms with Crippen LogP contribution in [0.4, 0.5) is 4.39 Å². The molecule has 1 atom stereocenters. The molecule has 0 saturated heterocycles. The fourth-order valence-corrected chi connectivity index (χ4v) is 3.92. The number of halogens is 1. The summed E-state index contributed by atoms with van der Waals surface area (Å²) in [5.41, 5.74) is 10.6. The van der Waals surface area contributed by atoms with Crippen LogP contribution in [0.5, 0.6) is 5.75 Å². The van der Waals surface area contributed by atoms with Crippen molar-refractivity contribution in [3.05, 3.63) is 88.7 Å². The minimum Gasteiger partial charge on any atom is -0.489 e. The molecule has 0 aromatic heterocycles. The van der Waals surface area contributed by atoms with E-state index in [1.165, 1.54) is 5.56 Å². The Morgan fingerprint density at radius 3 is 2.61 bits per heavy atom. The van der Waals surface area contributed by atoms with Crippen molar-refractivity contribution in [3.63, 3.8) is 0 Å². The van der Waals surface area contributed by atoms with Gasteiger partial charge in [-0.1, -0.05) is 48.5 Å². The lowest BCUT2D eigenvalue weighted by molar-refractivity contribution is -0.136. The standard InChI is InChI=1S/C26H26FNO3/c1-16(28)21-6-4-7-23(26(21)27)18-11-12-22(17-9-10-17)20(13-18)15-31-24-8-3-2-5-19(24)14-25(29)30/h2-8,11-13,16-17H,9-10,14-15,28H2,1H3,(H,29,30)/t16-/m1/s1. The number of rotatable bonds is 8. The van der Waals surface area contributed by atoms with Gasteiger partial charge < -0.3 is 15.6 Å². The lowest BCUT2D eigenvalue weighted by atomic mass is 9.94. The molecule has 0 amide bonds. The highest BCUT2D eigenvalue weighted by molar-refractivity contribution is 5.71. The minimum absolute atomic E-state index is 0.0963. The van der Waals surface area contributed by atoms with Gasteiger partial charge in [0.15, 0.2) is 0 Å². The third-order valence-electron chi connectivity index (χ3n) is 5.69. The summed E-state index contributed by atoms with van der Waals surface area (Å²) in [7, 11) is 0. The Bertz CT molecular complexity index is 1110. The van der Waals surface area contributed by atoms with Crippen molar-refractivity contribution in [2.75, 3.05) is 0 Å². The number of carboxylic acids is 1. The van der Waals surface area contributed by atoms with Crippen LogP contribution < -0.4 is 10.5 Å². The van der Waals surface area contributed by atoms with Crippen LogP contribution >= 0.6 is 0 Å². The number of carbonyl (C=O) groups is 1. The first-order valence-corrected chi connectivity index (χ1v) is 10.5. The summed E-state index contributed by atoms with van der Waals surface area (Å²) in [5.74, 6) is -0.138. The first-order valence-electron chi connectivity index (χ1n) is 10.5. The summed E-state index contributed by atoms with van der Waals surface area (Å²) in [6, 6.07) is 18.1. The third kappa shape index (κ3) is 4.78. The van der Waals surface area contributed by atoms with Crippen molar-refractivity contribution < 1.29 is 19.0 Å². The van der Waals surface area contributed by atoms with Gasteiger partial charge >= 0.3 is 5.97 Å². The van der Waals surface area contributed by atoms with Crippen LogP contribution in [-0.2, 0) is 17.8 Å². The molecule has 3 aromatic carbocycles. The normalized spacial score (nSPS) is 14.3. The number of hydrogen-bond acceptors (Lipinski definition) is 3. The lowest BCUT2D eigenvalue weighted by Gasteiger charge is -2.16. The maximum Gasteiger partial charge on any atom is 0.307 e. The van der Waals surface area contributed by atoms with Gasteiger partial charge in [-0.3, -0.25) is 4.79 Å². The highest BCUT2D eigenvalue weighted by atomic mass is 19.1. The molecule has 0 heterocycles. The van der Waals surface area contributed by atoms with Crippen LogP contribution in [0, 0.1) is 5.82 Å². The maximum atomic E-state index is 15.1. The molecule has 4 nitrogen and oxygen atoms in total. The zero-order valence-electron chi connectivity index (χ0n) is 17.5. The van der Waals surface area contributed by atoms with E-state index in [9.17, 15) is 4.79 Å². The first-order chi connectivity index (χ1) is 14.9. The Balaban J connectivity index is 1.66. The molecule has 3 N–H and O–H groups in total. The highest BCUT2D eigenvalue weighted by Gasteiger charge is 2.26. The Kier molecular flexibility index (Phi) is 6.05. The quantitative estimate of drug-likeness (QED) is 0.499. The van der Waals surface area contributed by atoms with E-state index in [1.54, 1.807) is 37.3 Å². The summed E-state index contributed by atoms with van der Waals surface area (Å²) in [6.45, 7) is 2.07. The summed E-state index contributed by atoms with van der Waals surface area (Å²) in [5, 5.41) is 9.15. The van der Waals surface area contributed by atoms with E-state index in [1.807, 2.05) is 24.3 Å². The van der Waals surface area contributed by atoms with Crippen LogP contribution in [0.25, 0.3) is 11.1 Å². The molecule has 1 saturated carbocycles. The predicted octanol–water partition coefficient (Wildman–Crippen LogP) is 5.60. The molecule has 0 unspecified atom stereocenters. The van der Waals surface area contributed by atoms with Gasteiger partial charge in [0.25, 0.3) is 0 Å². The Hall–Kier alpha value is -3.18. The Morgan fingerprint density at radius 2 is 1.90 bits per heavy atom. The van der Waals surface area contributed by atoms with E-state index in [2.05, 4.69) is 6.07 Å². The number of ether oxygens (including phenoxy) is 1. The second kappa shape index (κ2) is 8.90. The Morgan fingerprint density at radius 1 is 1.13 bits per heavy atom. The van der Waals surface area contributed by atoms with E-state index in [0.717, 1.165) is 24.0 Å². The van der Waals surface area contributed by atoms with Gasteiger partial charge in [-0.15, -0.1) is 0 Å². The van der Waals surface area contributed by atoms with E-state index < -0.39 is 5.97 Å². The molecule has 0 spiro atoms. The zero-order valence-corrected chi connectivity index (χ0v) is 17.5. The molecule has 1 fully saturated rings. The minimum atomic E-state index is -0.902. The van der Waals surface area contributed by atoms with E-state index in [0.29, 0.717) is 35.0 Å². The average molecular weight is 419 g/mol. The molecule has 31 heavy (non-hydrogen) atoms. The third-order valence-corrected chi connectivity index (χ3v) is 5.69. The number of carboxylic acid groups (broad SMARTS) is 1. The largest absolute Gasteiger partial charge is 0.489 e. The van der Waals surface area contributed by atoms with Crippen LogP contribution in [0.1, 0.15) is 54.0 Å². The van der Waals surface area contributed by atoms with Crippen molar-refractivity contribution in [3.8, 4) is 16.9 Å². The molecule has 0 aliphatic heterocycles. The van der Waals surface area contributed by atoms with Gasteiger partial charge in [0, 0.05) is 22.7 Å². The van der Waals surface area contributed by atoms with Crippen LogP contribution in [-0.4, -0.2) is 11.1 Å². The van der Waals surface area contributed by atoms with Gasteiger partial charge in [0.2, 0.25) is 0 Å². The van der Waals surface area contributed by atoms with Crippen molar-refractivity contribution in [1.82, 2.24) is 0 Å². The average Bonchev–Trinajstić information content (AvgIpc) is 3.58. The molecule has 0 radical (unpaired) electrons. The fraction of sp³-hybridized carbons (Fsp3) is 0.269. The van der Waals surface area contributed by atoms with Crippen molar-refractivity contribution >= 4 is 5.97 Å². The van der Waals surface area contributed by atoms with Crippen LogP contribution in [0.15, 0.2) is 60.7 Å². The van der Waals surface area contributed by atoms with Crippen LogP contribution in [0.2, 0.25) is 0 Å². The van der Waals surface area contributed by atoms with Crippen molar-refractivity contribution in [2.24, 2.45) is 5.73 Å². The number of aliphatic carboxylic acids is 1. The summed E-state index contributed by atoms with van der Waals surface area (Å²) < 4.78 is 21.1. The molecule has 4 rings (SSSR count). The van der Waals surface area contributed by atoms with Crippen LogP contribution in [0.3, 0.4) is 0 Å².